The topological polar surface area (TPSA) is 49.7 Å². The Balaban J connectivity index is 2.45. The highest BCUT2D eigenvalue weighted by atomic mass is 16.5. The minimum atomic E-state index is -0.883. The molecule has 0 fully saturated rings. The van der Waals surface area contributed by atoms with Gasteiger partial charge in [0, 0.05) is 6.61 Å². The van der Waals surface area contributed by atoms with E-state index in [2.05, 4.69) is 6.08 Å². The predicted molar refractivity (Wildman–Crippen MR) is 69.7 cm³/mol. The Morgan fingerprint density at radius 1 is 1.41 bits per heavy atom. The van der Waals surface area contributed by atoms with Crippen LogP contribution in [0.3, 0.4) is 0 Å². The van der Waals surface area contributed by atoms with Gasteiger partial charge in [0.1, 0.15) is 0 Å². The maximum absolute atomic E-state index is 9.96. The zero-order valence-corrected chi connectivity index (χ0v) is 11.4. The molecule has 17 heavy (non-hydrogen) atoms. The largest absolute Gasteiger partial charge is 0.427 e. The van der Waals surface area contributed by atoms with Gasteiger partial charge in [-0.15, -0.1) is 0 Å². The second-order valence-corrected chi connectivity index (χ2v) is 5.91. The summed E-state index contributed by atoms with van der Waals surface area (Å²) in [7, 11) is 1.76. The second kappa shape index (κ2) is 5.55. The van der Waals surface area contributed by atoms with Crippen molar-refractivity contribution in [2.75, 3.05) is 6.61 Å². The van der Waals surface area contributed by atoms with E-state index in [0.717, 1.165) is 24.7 Å². The van der Waals surface area contributed by atoms with Crippen molar-refractivity contribution in [3.8, 4) is 0 Å². The summed E-state index contributed by atoms with van der Waals surface area (Å²) in [5, 5.41) is 19.0. The molecule has 0 heterocycles. The Morgan fingerprint density at radius 3 is 2.47 bits per heavy atom. The molecule has 0 bridgehead atoms. The molecule has 1 atom stereocenters. The molecular formula is C13H24BO3. The average molecular weight is 239 g/mol. The fourth-order valence-electron chi connectivity index (χ4n) is 1.55. The summed E-state index contributed by atoms with van der Waals surface area (Å²) < 4.78 is 5.70. The number of hydrogen-bond donors (Lipinski definition) is 2. The first-order valence-corrected chi connectivity index (χ1v) is 6.29. The van der Waals surface area contributed by atoms with E-state index in [0.29, 0.717) is 5.92 Å². The van der Waals surface area contributed by atoms with Gasteiger partial charge < -0.3 is 14.9 Å². The normalized spacial score (nSPS) is 22.2. The van der Waals surface area contributed by atoms with E-state index in [-0.39, 0.29) is 6.61 Å². The first-order chi connectivity index (χ1) is 7.76. The molecule has 97 valence electrons. The van der Waals surface area contributed by atoms with Crippen molar-refractivity contribution in [1.29, 1.82) is 0 Å². The van der Waals surface area contributed by atoms with Crippen molar-refractivity contribution in [1.82, 2.24) is 0 Å². The molecule has 0 aromatic heterocycles. The van der Waals surface area contributed by atoms with Crippen molar-refractivity contribution in [3.05, 3.63) is 11.5 Å². The lowest BCUT2D eigenvalue weighted by Crippen LogP contribution is -2.48. The zero-order valence-electron chi connectivity index (χ0n) is 11.4. The molecule has 3 nitrogen and oxygen atoms in total. The molecule has 0 saturated carbocycles. The molecule has 1 radical (unpaired) electrons. The number of rotatable bonds is 5. The smallest absolute Gasteiger partial charge is 0.326 e. The number of aliphatic hydroxyl groups excluding tert-OH is 1. The average Bonchev–Trinajstić information content (AvgIpc) is 2.25. The van der Waals surface area contributed by atoms with Gasteiger partial charge in [-0.2, -0.15) is 0 Å². The highest BCUT2D eigenvalue weighted by Gasteiger charge is 2.36. The Hall–Kier alpha value is -0.315. The van der Waals surface area contributed by atoms with Gasteiger partial charge in [0.2, 0.25) is 0 Å². The van der Waals surface area contributed by atoms with Crippen LogP contribution < -0.4 is 0 Å². The predicted octanol–water partition coefficient (Wildman–Crippen LogP) is 1.85. The van der Waals surface area contributed by atoms with Gasteiger partial charge >= 0.3 is 7.48 Å². The molecule has 1 aliphatic rings. The summed E-state index contributed by atoms with van der Waals surface area (Å²) >= 11 is 0. The van der Waals surface area contributed by atoms with E-state index in [1.165, 1.54) is 0 Å². The Bertz CT molecular complexity index is 279. The van der Waals surface area contributed by atoms with Crippen LogP contribution in [0.5, 0.6) is 0 Å². The van der Waals surface area contributed by atoms with Crippen LogP contribution in [0.15, 0.2) is 11.5 Å². The molecule has 0 aliphatic heterocycles. The molecule has 0 spiro atoms. The van der Waals surface area contributed by atoms with Crippen molar-refractivity contribution < 1.29 is 14.9 Å². The summed E-state index contributed by atoms with van der Waals surface area (Å²) in [5.74, 6) is 0.398. The van der Waals surface area contributed by atoms with Crippen LogP contribution >= 0.6 is 0 Å². The lowest BCUT2D eigenvalue weighted by atomic mass is 9.75. The molecule has 4 heteroatoms. The first kappa shape index (κ1) is 14.7. The standard InChI is InChI=1S/C13H24BO3/c1-12(2,16)13(3,4)17-14-11-7-5-10(9-15)6-8-11/h7,10,15-16H,5-6,8-9H2,1-4H3. The molecule has 1 unspecified atom stereocenters. The third-order valence-electron chi connectivity index (χ3n) is 3.79. The first-order valence-electron chi connectivity index (χ1n) is 6.29. The van der Waals surface area contributed by atoms with Crippen LogP contribution in [-0.4, -0.2) is 35.5 Å². The van der Waals surface area contributed by atoms with Gasteiger partial charge in [0.25, 0.3) is 0 Å². The van der Waals surface area contributed by atoms with Gasteiger partial charge in [-0.05, 0) is 52.9 Å². The quantitative estimate of drug-likeness (QED) is 0.720. The van der Waals surface area contributed by atoms with Gasteiger partial charge in [0.05, 0.1) is 11.2 Å². The fourth-order valence-corrected chi connectivity index (χ4v) is 1.55. The van der Waals surface area contributed by atoms with Crippen LogP contribution in [0.4, 0.5) is 0 Å². The lowest BCUT2D eigenvalue weighted by Gasteiger charge is -2.38. The SMILES string of the molecule is CC(C)(O)C(C)(C)O[B]C1=CCC(CO)CC1. The van der Waals surface area contributed by atoms with Crippen LogP contribution in [0.2, 0.25) is 0 Å². The molecule has 1 rings (SSSR count). The van der Waals surface area contributed by atoms with E-state index in [1.807, 2.05) is 13.8 Å². The zero-order chi connectivity index (χ0) is 13.1. The highest BCUT2D eigenvalue weighted by Crippen LogP contribution is 2.27. The molecular weight excluding hydrogens is 215 g/mol. The van der Waals surface area contributed by atoms with E-state index in [4.69, 9.17) is 9.76 Å². The van der Waals surface area contributed by atoms with Crippen LogP contribution in [0, 0.1) is 5.92 Å². The maximum atomic E-state index is 9.96. The summed E-state index contributed by atoms with van der Waals surface area (Å²) in [6, 6.07) is 0. The van der Waals surface area contributed by atoms with Gasteiger partial charge in [0.15, 0.2) is 0 Å². The van der Waals surface area contributed by atoms with E-state index >= 15 is 0 Å². The summed E-state index contributed by atoms with van der Waals surface area (Å²) in [6.07, 6.45) is 4.97. The molecule has 0 aromatic rings. The lowest BCUT2D eigenvalue weighted by molar-refractivity contribution is -0.0897. The summed E-state index contributed by atoms with van der Waals surface area (Å²) in [6.45, 7) is 7.52. The summed E-state index contributed by atoms with van der Waals surface area (Å²) in [4.78, 5) is 0. The van der Waals surface area contributed by atoms with Crippen LogP contribution in [-0.2, 0) is 4.65 Å². The molecule has 2 N–H and O–H groups in total. The molecule has 0 amide bonds. The Kier molecular flexibility index (Phi) is 4.81. The molecule has 0 saturated heterocycles. The molecule has 1 aliphatic carbocycles. The van der Waals surface area contributed by atoms with Crippen molar-refractivity contribution in [2.24, 2.45) is 5.92 Å². The van der Waals surface area contributed by atoms with Crippen LogP contribution in [0.1, 0.15) is 47.0 Å². The third-order valence-corrected chi connectivity index (χ3v) is 3.79. The van der Waals surface area contributed by atoms with E-state index in [1.54, 1.807) is 21.3 Å². The minimum Gasteiger partial charge on any atom is -0.427 e. The maximum Gasteiger partial charge on any atom is 0.326 e. The third kappa shape index (κ3) is 4.13. The van der Waals surface area contributed by atoms with Crippen molar-refractivity contribution in [3.63, 3.8) is 0 Å². The van der Waals surface area contributed by atoms with E-state index < -0.39 is 11.2 Å². The minimum absolute atomic E-state index is 0.264. The van der Waals surface area contributed by atoms with E-state index in [9.17, 15) is 5.11 Å². The van der Waals surface area contributed by atoms with Gasteiger partial charge in [-0.3, -0.25) is 0 Å². The summed E-state index contributed by atoms with van der Waals surface area (Å²) in [5.41, 5.74) is -0.333. The number of hydrogen-bond acceptors (Lipinski definition) is 3. The second-order valence-electron chi connectivity index (χ2n) is 5.91. The molecule has 0 aromatic carbocycles. The fraction of sp³-hybridized carbons (Fsp3) is 0.846. The Morgan fingerprint density at radius 2 is 2.06 bits per heavy atom. The van der Waals surface area contributed by atoms with Crippen LogP contribution in [0.25, 0.3) is 0 Å². The monoisotopic (exact) mass is 239 g/mol. The van der Waals surface area contributed by atoms with Crippen molar-refractivity contribution >= 4 is 7.48 Å². The van der Waals surface area contributed by atoms with Gasteiger partial charge in [-0.25, -0.2) is 0 Å². The number of aliphatic hydroxyl groups is 2. The Labute approximate surface area is 105 Å². The highest BCUT2D eigenvalue weighted by molar-refractivity contribution is 6.38. The number of allylic oxidation sites excluding steroid dienone is 2. The van der Waals surface area contributed by atoms with Gasteiger partial charge in [-0.1, -0.05) is 11.5 Å². The van der Waals surface area contributed by atoms with Crippen molar-refractivity contribution in [2.45, 2.75) is 58.2 Å².